The number of amides is 2. The molecular weight excluding hydrogens is 290 g/mol. The minimum Gasteiger partial charge on any atom is -0.386 e. The van der Waals surface area contributed by atoms with Gasteiger partial charge >= 0.3 is 0 Å². The summed E-state index contributed by atoms with van der Waals surface area (Å²) in [6.45, 7) is 1.79. The lowest BCUT2D eigenvalue weighted by Crippen LogP contribution is -2.42. The number of hydrogen-bond acceptors (Lipinski definition) is 3. The first-order chi connectivity index (χ1) is 11.1. The maximum Gasteiger partial charge on any atom is 0.262 e. The molecule has 4 nitrogen and oxygen atoms in total. The van der Waals surface area contributed by atoms with Crippen molar-refractivity contribution in [1.82, 2.24) is 4.90 Å². The van der Waals surface area contributed by atoms with Crippen molar-refractivity contribution in [2.45, 2.75) is 19.1 Å². The molecule has 0 aromatic heterocycles. The zero-order valence-corrected chi connectivity index (χ0v) is 12.7. The van der Waals surface area contributed by atoms with Gasteiger partial charge in [-0.25, -0.2) is 0 Å². The molecule has 4 heteroatoms. The number of fused-ring (bicyclic) bond motifs is 1. The van der Waals surface area contributed by atoms with Gasteiger partial charge < -0.3 is 5.11 Å². The van der Waals surface area contributed by atoms with Crippen LogP contribution in [0, 0.1) is 0 Å². The fourth-order valence-corrected chi connectivity index (χ4v) is 2.86. The fourth-order valence-electron chi connectivity index (χ4n) is 2.86. The van der Waals surface area contributed by atoms with E-state index in [0.29, 0.717) is 16.7 Å². The fraction of sp³-hybridized carbons (Fsp3) is 0.158. The number of rotatable bonds is 4. The Bertz CT molecular complexity index is 732. The van der Waals surface area contributed by atoms with E-state index < -0.39 is 12.1 Å². The molecular formula is C19H17NO3. The van der Waals surface area contributed by atoms with Gasteiger partial charge in [-0.1, -0.05) is 54.6 Å². The van der Waals surface area contributed by atoms with Crippen LogP contribution < -0.4 is 0 Å². The molecule has 2 aromatic carbocycles. The molecule has 0 saturated carbocycles. The number of aliphatic hydroxyl groups is 1. The molecule has 0 spiro atoms. The molecule has 0 fully saturated rings. The highest BCUT2D eigenvalue weighted by Gasteiger charge is 2.41. The predicted octanol–water partition coefficient (Wildman–Crippen LogP) is 2.96. The number of imide groups is 1. The molecule has 23 heavy (non-hydrogen) atoms. The van der Waals surface area contributed by atoms with E-state index in [1.54, 1.807) is 55.5 Å². The zero-order chi connectivity index (χ0) is 16.4. The van der Waals surface area contributed by atoms with E-state index in [1.807, 2.05) is 18.2 Å². The summed E-state index contributed by atoms with van der Waals surface area (Å²) in [6, 6.07) is 15.0. The molecule has 1 aliphatic rings. The quantitative estimate of drug-likeness (QED) is 0.698. The van der Waals surface area contributed by atoms with Gasteiger partial charge in [0.2, 0.25) is 0 Å². The van der Waals surface area contributed by atoms with Crippen molar-refractivity contribution < 1.29 is 14.7 Å². The maximum atomic E-state index is 12.6. The molecule has 0 radical (unpaired) electrons. The Morgan fingerprint density at radius 2 is 1.43 bits per heavy atom. The number of aliphatic hydroxyl groups excluding tert-OH is 1. The Morgan fingerprint density at radius 3 is 1.96 bits per heavy atom. The average molecular weight is 307 g/mol. The van der Waals surface area contributed by atoms with E-state index in [2.05, 4.69) is 0 Å². The van der Waals surface area contributed by atoms with Crippen LogP contribution >= 0.6 is 0 Å². The molecule has 0 bridgehead atoms. The Labute approximate surface area is 134 Å². The molecule has 2 atom stereocenters. The highest BCUT2D eigenvalue weighted by molar-refractivity contribution is 6.21. The Morgan fingerprint density at radius 1 is 0.913 bits per heavy atom. The predicted molar refractivity (Wildman–Crippen MR) is 86.9 cm³/mol. The van der Waals surface area contributed by atoms with Crippen LogP contribution in [0.1, 0.15) is 39.3 Å². The number of carbonyl (C=O) groups excluding carboxylic acids is 2. The Hall–Kier alpha value is -2.72. The van der Waals surface area contributed by atoms with E-state index in [1.165, 1.54) is 0 Å². The van der Waals surface area contributed by atoms with Crippen LogP contribution in [0.2, 0.25) is 0 Å². The lowest BCUT2D eigenvalue weighted by Gasteiger charge is -2.28. The third-order valence-electron chi connectivity index (χ3n) is 3.98. The molecule has 3 rings (SSSR count). The second-order valence-electron chi connectivity index (χ2n) is 5.40. The SMILES string of the molecule is C/C=C/C([C@@H](O)c1ccccc1)N1C(=O)c2ccccc2C1=O. The average Bonchev–Trinajstić information content (AvgIpc) is 2.85. The highest BCUT2D eigenvalue weighted by Crippen LogP contribution is 2.30. The van der Waals surface area contributed by atoms with E-state index in [0.717, 1.165) is 4.90 Å². The van der Waals surface area contributed by atoms with Gasteiger partial charge in [-0.05, 0) is 24.6 Å². The summed E-state index contributed by atoms with van der Waals surface area (Å²) < 4.78 is 0. The van der Waals surface area contributed by atoms with Gasteiger partial charge in [0, 0.05) is 0 Å². The molecule has 1 N–H and O–H groups in total. The summed E-state index contributed by atoms with van der Waals surface area (Å²) >= 11 is 0. The summed E-state index contributed by atoms with van der Waals surface area (Å²) in [5.74, 6) is -0.743. The van der Waals surface area contributed by atoms with Crippen LogP contribution in [-0.2, 0) is 0 Å². The smallest absolute Gasteiger partial charge is 0.262 e. The van der Waals surface area contributed by atoms with Crippen molar-refractivity contribution in [2.24, 2.45) is 0 Å². The summed E-state index contributed by atoms with van der Waals surface area (Å²) in [4.78, 5) is 26.4. The molecule has 2 aromatic rings. The van der Waals surface area contributed by atoms with E-state index >= 15 is 0 Å². The van der Waals surface area contributed by atoms with Crippen molar-refractivity contribution in [3.8, 4) is 0 Å². The van der Waals surface area contributed by atoms with Crippen LogP contribution in [-0.4, -0.2) is 27.9 Å². The molecule has 0 saturated heterocycles. The van der Waals surface area contributed by atoms with Crippen LogP contribution in [0.25, 0.3) is 0 Å². The molecule has 2 amide bonds. The highest BCUT2D eigenvalue weighted by atomic mass is 16.3. The molecule has 1 unspecified atom stereocenters. The van der Waals surface area contributed by atoms with Crippen LogP contribution in [0.15, 0.2) is 66.7 Å². The number of benzene rings is 2. The van der Waals surface area contributed by atoms with E-state index in [4.69, 9.17) is 0 Å². The van der Waals surface area contributed by atoms with Gasteiger partial charge in [0.05, 0.1) is 17.2 Å². The van der Waals surface area contributed by atoms with Gasteiger partial charge in [-0.3, -0.25) is 14.5 Å². The second kappa shape index (κ2) is 6.18. The van der Waals surface area contributed by atoms with Gasteiger partial charge in [0.25, 0.3) is 11.8 Å². The van der Waals surface area contributed by atoms with Gasteiger partial charge in [-0.2, -0.15) is 0 Å². The van der Waals surface area contributed by atoms with Gasteiger partial charge in [0.1, 0.15) is 6.10 Å². The van der Waals surface area contributed by atoms with Crippen molar-refractivity contribution in [2.75, 3.05) is 0 Å². The Balaban J connectivity index is 2.00. The van der Waals surface area contributed by atoms with E-state index in [9.17, 15) is 14.7 Å². The lowest BCUT2D eigenvalue weighted by molar-refractivity contribution is 0.0429. The minimum atomic E-state index is -0.977. The van der Waals surface area contributed by atoms with Crippen LogP contribution in [0.5, 0.6) is 0 Å². The number of nitrogens with zero attached hydrogens (tertiary/aromatic N) is 1. The van der Waals surface area contributed by atoms with Crippen molar-refractivity contribution in [1.29, 1.82) is 0 Å². The molecule has 1 heterocycles. The van der Waals surface area contributed by atoms with Gasteiger partial charge in [-0.15, -0.1) is 0 Å². The van der Waals surface area contributed by atoms with Crippen molar-refractivity contribution in [3.63, 3.8) is 0 Å². The van der Waals surface area contributed by atoms with Crippen LogP contribution in [0.4, 0.5) is 0 Å². The first-order valence-electron chi connectivity index (χ1n) is 7.48. The first kappa shape index (κ1) is 15.2. The van der Waals surface area contributed by atoms with E-state index in [-0.39, 0.29) is 11.8 Å². The molecule has 116 valence electrons. The number of hydrogen-bond donors (Lipinski definition) is 1. The molecule has 0 aliphatic carbocycles. The lowest BCUT2D eigenvalue weighted by atomic mass is 10.0. The minimum absolute atomic E-state index is 0.372. The molecule has 1 aliphatic heterocycles. The first-order valence-corrected chi connectivity index (χ1v) is 7.48. The second-order valence-corrected chi connectivity index (χ2v) is 5.40. The topological polar surface area (TPSA) is 57.6 Å². The zero-order valence-electron chi connectivity index (χ0n) is 12.7. The summed E-state index contributed by atoms with van der Waals surface area (Å²) in [7, 11) is 0. The number of carbonyl (C=O) groups is 2. The largest absolute Gasteiger partial charge is 0.386 e. The summed E-state index contributed by atoms with van der Waals surface area (Å²) in [5.41, 5.74) is 1.42. The normalized spacial score (nSPS) is 16.7. The Kier molecular flexibility index (Phi) is 4.08. The third-order valence-corrected chi connectivity index (χ3v) is 3.98. The van der Waals surface area contributed by atoms with Gasteiger partial charge in [0.15, 0.2) is 0 Å². The van der Waals surface area contributed by atoms with Crippen LogP contribution in [0.3, 0.4) is 0 Å². The summed E-state index contributed by atoms with van der Waals surface area (Å²) in [6.07, 6.45) is 2.44. The maximum absolute atomic E-state index is 12.6. The van der Waals surface area contributed by atoms with Crippen molar-refractivity contribution in [3.05, 3.63) is 83.4 Å². The third kappa shape index (κ3) is 2.58. The number of allylic oxidation sites excluding steroid dienone is 1. The standard InChI is InChI=1S/C19H17NO3/c1-2-8-16(17(21)13-9-4-3-5-10-13)20-18(22)14-11-6-7-12-15(14)19(20)23/h2-12,16-17,21H,1H3/b8-2+/t16?,17-/m0/s1. The summed E-state index contributed by atoms with van der Waals surface area (Å²) in [5, 5.41) is 10.7. The monoisotopic (exact) mass is 307 g/mol. The van der Waals surface area contributed by atoms with Crippen molar-refractivity contribution >= 4 is 11.8 Å².